The molecule has 7 heavy (non-hydrogen) atoms. The first-order valence-electron chi connectivity index (χ1n) is 0.885. The Bertz CT molecular complexity index is 75.8. The van der Waals surface area contributed by atoms with Crippen LogP contribution in [0.5, 0.6) is 0 Å². The minimum Gasteiger partial charge on any atom is -0.787 e. The van der Waals surface area contributed by atoms with Gasteiger partial charge in [-0.1, -0.05) is 0 Å². The molecular weight excluding hydrogens is 154 g/mol. The predicted molar refractivity (Wildman–Crippen MR) is 15.6 cm³/mol. The molecule has 0 aliphatic carbocycles. The van der Waals surface area contributed by atoms with Crippen molar-refractivity contribution >= 4 is 45.6 Å². The molecule has 0 rings (SSSR count). The fourth-order valence-corrected chi connectivity index (χ4v) is 0. The molecule has 0 aromatic carbocycles. The Balaban J connectivity index is 0. The molecule has 0 amide bonds. The molecule has 38 valence electrons. The summed E-state index contributed by atoms with van der Waals surface area (Å²) in [5.41, 5.74) is 0. The van der Waals surface area contributed by atoms with Crippen molar-refractivity contribution in [2.45, 2.75) is 0 Å². The van der Waals surface area contributed by atoms with E-state index in [9.17, 15) is 4.53 Å². The second-order valence-electron chi connectivity index (χ2n) is 0.516. The van der Waals surface area contributed by atoms with Crippen LogP contribution in [0.3, 0.4) is 0 Å². The van der Waals surface area contributed by atoms with Crippen LogP contribution in [0.1, 0.15) is 0 Å². The molecule has 0 radical (unpaired) electrons. The van der Waals surface area contributed by atoms with Crippen LogP contribution in [0.25, 0.3) is 0 Å². The van der Waals surface area contributed by atoms with Gasteiger partial charge in [0.2, 0.25) is 0 Å². The van der Waals surface area contributed by atoms with Gasteiger partial charge in [-0.2, -0.15) is 4.73 Å². The van der Waals surface area contributed by atoms with E-state index >= 15 is 0 Å². The van der Waals surface area contributed by atoms with Crippen molar-refractivity contribution in [3.8, 4) is 0 Å². The van der Waals surface area contributed by atoms with Gasteiger partial charge in [0.05, 0.1) is 0 Å². The van der Waals surface area contributed by atoms with Crippen LogP contribution < -0.4 is 9.79 Å². The van der Waals surface area contributed by atoms with Gasteiger partial charge >= 0.3 is 37.7 Å². The summed E-state index contributed by atoms with van der Waals surface area (Å²) in [6.45, 7) is 0. The molecule has 0 saturated heterocycles. The number of halogens is 1. The normalized spacial score (nSPS) is 10.1. The van der Waals surface area contributed by atoms with E-state index in [1.807, 2.05) is 4.73 Å². The van der Waals surface area contributed by atoms with Crippen LogP contribution in [-0.2, 0) is 9.29 Å². The maximum absolute atomic E-state index is 10.1. The third-order valence-electron chi connectivity index (χ3n) is 0.0845. The SMILES string of the molecule is O=P([O-])([O-])OF.[Ca+2]. The molecule has 0 aliphatic rings. The van der Waals surface area contributed by atoms with Gasteiger partial charge in [0.1, 0.15) is 7.82 Å². The molecule has 0 atom stereocenters. The summed E-state index contributed by atoms with van der Waals surface area (Å²) in [7, 11) is -5.31. The second-order valence-corrected chi connectivity index (χ2v) is 1.55. The summed E-state index contributed by atoms with van der Waals surface area (Å²) in [6.07, 6.45) is 0. The van der Waals surface area contributed by atoms with Crippen LogP contribution in [0, 0.1) is 0 Å². The quantitative estimate of drug-likeness (QED) is 0.334. The smallest absolute Gasteiger partial charge is 0.787 e. The first-order valence-corrected chi connectivity index (χ1v) is 2.35. The average molecular weight is 154 g/mol. The van der Waals surface area contributed by atoms with E-state index in [4.69, 9.17) is 14.4 Å². The number of hydrogen-bond donors (Lipinski definition) is 0. The molecule has 0 aromatic heterocycles. The molecule has 0 spiro atoms. The fourth-order valence-electron chi connectivity index (χ4n) is 0. The van der Waals surface area contributed by atoms with E-state index in [0.29, 0.717) is 0 Å². The maximum Gasteiger partial charge on any atom is 2.00 e. The second kappa shape index (κ2) is 4.21. The first-order chi connectivity index (χ1) is 2.56. The fraction of sp³-hybridized carbons (Fsp3) is 0. The molecule has 0 bridgehead atoms. The van der Waals surface area contributed by atoms with Gasteiger partial charge in [0.15, 0.2) is 0 Å². The van der Waals surface area contributed by atoms with E-state index in [-0.39, 0.29) is 37.7 Å². The molecule has 0 saturated carbocycles. The van der Waals surface area contributed by atoms with Gasteiger partial charge in [0.25, 0.3) is 0 Å². The molecule has 0 heterocycles. The molecule has 0 unspecified atom stereocenters. The summed E-state index contributed by atoms with van der Waals surface area (Å²) in [4.78, 5) is 17.8. The van der Waals surface area contributed by atoms with E-state index in [1.54, 1.807) is 0 Å². The molecule has 0 N–H and O–H groups in total. The van der Waals surface area contributed by atoms with Crippen molar-refractivity contribution in [3.05, 3.63) is 0 Å². The topological polar surface area (TPSA) is 72.4 Å². The summed E-state index contributed by atoms with van der Waals surface area (Å²) in [6, 6.07) is 0. The van der Waals surface area contributed by atoms with Crippen LogP contribution in [0.15, 0.2) is 0 Å². The van der Waals surface area contributed by atoms with E-state index < -0.39 is 7.82 Å². The summed E-state index contributed by atoms with van der Waals surface area (Å²) >= 11 is 0. The Labute approximate surface area is 68.8 Å². The molecule has 7 heteroatoms. The Morgan fingerprint density at radius 2 is 1.71 bits per heavy atom. The van der Waals surface area contributed by atoms with Crippen LogP contribution >= 0.6 is 7.82 Å². The monoisotopic (exact) mass is 154 g/mol. The average Bonchev–Trinajstić information content (AvgIpc) is 1.35. The minimum atomic E-state index is -5.31. The van der Waals surface area contributed by atoms with Crippen molar-refractivity contribution < 1.29 is 23.6 Å². The Kier molecular flexibility index (Phi) is 6.70. The predicted octanol–water partition coefficient (Wildman–Crippen LogP) is -1.66. The maximum atomic E-state index is 10.1. The van der Waals surface area contributed by atoms with E-state index in [0.717, 1.165) is 0 Å². The number of hydrogen-bond acceptors (Lipinski definition) is 4. The van der Waals surface area contributed by atoms with Gasteiger partial charge in [-0.15, -0.1) is 0 Å². The van der Waals surface area contributed by atoms with Crippen molar-refractivity contribution in [3.63, 3.8) is 0 Å². The van der Waals surface area contributed by atoms with Crippen molar-refractivity contribution in [1.29, 1.82) is 0 Å². The summed E-state index contributed by atoms with van der Waals surface area (Å²) < 4.78 is 20.9. The van der Waals surface area contributed by atoms with Gasteiger partial charge in [-0.25, -0.2) is 0 Å². The molecule has 0 aliphatic heterocycles. The van der Waals surface area contributed by atoms with Crippen LogP contribution in [0.2, 0.25) is 0 Å². The van der Waals surface area contributed by atoms with Gasteiger partial charge in [-0.3, -0.25) is 0 Å². The van der Waals surface area contributed by atoms with E-state index in [1.165, 1.54) is 0 Å². The Hall–Kier alpha value is 1.30. The minimum absolute atomic E-state index is 0. The van der Waals surface area contributed by atoms with E-state index in [2.05, 4.69) is 0 Å². The third-order valence-corrected chi connectivity index (χ3v) is 0.254. The zero-order valence-electron chi connectivity index (χ0n) is 3.17. The summed E-state index contributed by atoms with van der Waals surface area (Å²) in [5, 5.41) is 0. The zero-order chi connectivity index (χ0) is 5.21. The molecular formula is CaFO4P. The van der Waals surface area contributed by atoms with Crippen molar-refractivity contribution in [1.82, 2.24) is 0 Å². The number of rotatable bonds is 1. The molecule has 0 fully saturated rings. The van der Waals surface area contributed by atoms with Crippen molar-refractivity contribution in [2.75, 3.05) is 0 Å². The standard InChI is InChI=1S/Ca.FH2O4P/c;1-5-6(2,3)4/h;(H2,2,3,4)/q+2;/p-2. The van der Waals surface area contributed by atoms with Crippen LogP contribution in [0.4, 0.5) is 4.53 Å². The Morgan fingerprint density at radius 1 is 1.57 bits per heavy atom. The van der Waals surface area contributed by atoms with Gasteiger partial charge in [-0.05, 0) is 4.53 Å². The van der Waals surface area contributed by atoms with Crippen LogP contribution in [-0.4, -0.2) is 37.7 Å². The largest absolute Gasteiger partial charge is 2.00 e. The van der Waals surface area contributed by atoms with Gasteiger partial charge < -0.3 is 14.4 Å². The Morgan fingerprint density at radius 3 is 1.71 bits per heavy atom. The summed E-state index contributed by atoms with van der Waals surface area (Å²) in [5.74, 6) is 0. The first kappa shape index (κ1) is 11.1. The third kappa shape index (κ3) is 11.1. The van der Waals surface area contributed by atoms with Gasteiger partial charge in [0, 0.05) is 0 Å². The zero-order valence-corrected chi connectivity index (χ0v) is 6.27. The van der Waals surface area contributed by atoms with Crippen molar-refractivity contribution in [2.24, 2.45) is 0 Å². The number of phosphoric acid groups is 1. The molecule has 4 nitrogen and oxygen atoms in total. The molecule has 0 aromatic rings.